The lowest BCUT2D eigenvalue weighted by Crippen LogP contribution is -2.32. The molecule has 1 atom stereocenters. The maximum absolute atomic E-state index is 12.9. The number of rotatable bonds is 5. The molecule has 2 aromatic heterocycles. The van der Waals surface area contributed by atoms with Crippen molar-refractivity contribution in [2.75, 3.05) is 6.54 Å². The fourth-order valence-corrected chi connectivity index (χ4v) is 3.98. The number of fused-ring (bicyclic) bond motifs is 1. The Balaban J connectivity index is 0.00000196. The zero-order valence-electron chi connectivity index (χ0n) is 14.2. The molecule has 0 bridgehead atoms. The maximum Gasteiger partial charge on any atom is 0.272 e. The van der Waals surface area contributed by atoms with Gasteiger partial charge in [0.1, 0.15) is 0 Å². The highest BCUT2D eigenvalue weighted by Gasteiger charge is 2.24. The molecule has 26 heavy (non-hydrogen) atoms. The predicted octanol–water partition coefficient (Wildman–Crippen LogP) is 3.25. The number of aromatic amines is 1. The first-order valence-corrected chi connectivity index (χ1v) is 9.34. The van der Waals surface area contributed by atoms with E-state index < -0.39 is 0 Å². The lowest BCUT2D eigenvalue weighted by atomic mass is 10.0. The molecule has 0 spiro atoms. The summed E-state index contributed by atoms with van der Waals surface area (Å²) in [5, 5.41) is 15.8. The van der Waals surface area contributed by atoms with Gasteiger partial charge in [0.25, 0.3) is 5.91 Å². The molecule has 4 rings (SSSR count). The van der Waals surface area contributed by atoms with E-state index in [-0.39, 0.29) is 24.4 Å². The van der Waals surface area contributed by atoms with Gasteiger partial charge >= 0.3 is 0 Å². The lowest BCUT2D eigenvalue weighted by Gasteiger charge is -2.18. The molecule has 1 amide bonds. The molecule has 7 heteroatoms. The van der Waals surface area contributed by atoms with E-state index in [9.17, 15) is 4.79 Å². The molecular formula is C19H21ClN4OS. The van der Waals surface area contributed by atoms with Gasteiger partial charge in [-0.25, -0.2) is 0 Å². The van der Waals surface area contributed by atoms with Crippen LogP contribution in [0.15, 0.2) is 47.8 Å². The Kier molecular flexibility index (Phi) is 6.08. The molecule has 0 fully saturated rings. The van der Waals surface area contributed by atoms with E-state index in [4.69, 9.17) is 0 Å². The number of aromatic nitrogens is 2. The van der Waals surface area contributed by atoms with Crippen molar-refractivity contribution in [2.45, 2.75) is 25.4 Å². The van der Waals surface area contributed by atoms with Crippen LogP contribution in [0, 0.1) is 0 Å². The Morgan fingerprint density at radius 2 is 2.08 bits per heavy atom. The minimum atomic E-state index is -0.115. The number of nitrogens with zero attached hydrogens (tertiary/aromatic N) is 1. The summed E-state index contributed by atoms with van der Waals surface area (Å²) in [7, 11) is 0. The summed E-state index contributed by atoms with van der Waals surface area (Å²) in [4.78, 5) is 14.0. The third-order valence-electron chi connectivity index (χ3n) is 4.50. The van der Waals surface area contributed by atoms with E-state index in [0.717, 1.165) is 35.5 Å². The molecule has 0 saturated carbocycles. The number of hydrogen-bond donors (Lipinski definition) is 3. The van der Waals surface area contributed by atoms with Gasteiger partial charge in [0, 0.05) is 35.6 Å². The average Bonchev–Trinajstić information content (AvgIpc) is 3.32. The Morgan fingerprint density at radius 3 is 2.85 bits per heavy atom. The van der Waals surface area contributed by atoms with Crippen molar-refractivity contribution in [3.63, 3.8) is 0 Å². The van der Waals surface area contributed by atoms with Gasteiger partial charge in [-0.1, -0.05) is 36.4 Å². The number of hydrogen-bond acceptors (Lipinski definition) is 4. The summed E-state index contributed by atoms with van der Waals surface area (Å²) < 4.78 is 0. The summed E-state index contributed by atoms with van der Waals surface area (Å²) in [5.74, 6) is -0.115. The Hall–Kier alpha value is -2.15. The first-order chi connectivity index (χ1) is 12.3. The minimum absolute atomic E-state index is 0. The van der Waals surface area contributed by atoms with Crippen molar-refractivity contribution in [2.24, 2.45) is 0 Å². The molecule has 0 radical (unpaired) electrons. The SMILES string of the molecule is Cl.O=C(NC(Cc1ccccc1)c1cccs1)c1n[nH]c2c1CNCC2. The van der Waals surface area contributed by atoms with E-state index in [0.29, 0.717) is 12.2 Å². The number of halogens is 1. The highest BCUT2D eigenvalue weighted by Crippen LogP contribution is 2.24. The number of benzene rings is 1. The molecule has 0 saturated heterocycles. The van der Waals surface area contributed by atoms with E-state index in [1.165, 1.54) is 5.56 Å². The van der Waals surface area contributed by atoms with Gasteiger partial charge in [-0.15, -0.1) is 23.7 Å². The van der Waals surface area contributed by atoms with E-state index in [1.807, 2.05) is 29.6 Å². The molecule has 0 aliphatic carbocycles. The monoisotopic (exact) mass is 388 g/mol. The second-order valence-corrected chi connectivity index (χ2v) is 7.17. The van der Waals surface area contributed by atoms with Crippen LogP contribution in [0.25, 0.3) is 0 Å². The van der Waals surface area contributed by atoms with Gasteiger partial charge in [0.2, 0.25) is 0 Å². The third kappa shape index (κ3) is 3.98. The van der Waals surface area contributed by atoms with Gasteiger partial charge in [-0.3, -0.25) is 9.89 Å². The van der Waals surface area contributed by atoms with Gasteiger partial charge in [-0.05, 0) is 23.4 Å². The smallest absolute Gasteiger partial charge is 0.272 e. The fourth-order valence-electron chi connectivity index (χ4n) is 3.20. The minimum Gasteiger partial charge on any atom is -0.343 e. The summed E-state index contributed by atoms with van der Waals surface area (Å²) in [6.07, 6.45) is 1.64. The van der Waals surface area contributed by atoms with Crippen LogP contribution in [-0.4, -0.2) is 22.6 Å². The zero-order valence-corrected chi connectivity index (χ0v) is 15.8. The Labute approximate surface area is 162 Å². The first-order valence-electron chi connectivity index (χ1n) is 8.46. The van der Waals surface area contributed by atoms with E-state index in [1.54, 1.807) is 11.3 Å². The van der Waals surface area contributed by atoms with E-state index >= 15 is 0 Å². The predicted molar refractivity (Wildman–Crippen MR) is 106 cm³/mol. The zero-order chi connectivity index (χ0) is 17.1. The number of amides is 1. The molecule has 3 aromatic rings. The highest BCUT2D eigenvalue weighted by molar-refractivity contribution is 7.10. The van der Waals surface area contributed by atoms with E-state index in [2.05, 4.69) is 39.0 Å². The topological polar surface area (TPSA) is 69.8 Å². The molecule has 136 valence electrons. The molecule has 3 heterocycles. The number of carbonyl (C=O) groups is 1. The summed E-state index contributed by atoms with van der Waals surface area (Å²) in [5.41, 5.74) is 3.77. The average molecular weight is 389 g/mol. The van der Waals surface area contributed by atoms with Crippen LogP contribution in [0.1, 0.15) is 38.2 Å². The number of carbonyl (C=O) groups excluding carboxylic acids is 1. The standard InChI is InChI=1S/C19H20N4OS.ClH/c24-19(18-14-12-20-9-8-15(14)22-23-18)21-16(17-7-4-10-25-17)11-13-5-2-1-3-6-13;/h1-7,10,16,20H,8-9,11-12H2,(H,21,24)(H,22,23);1H. The molecule has 5 nitrogen and oxygen atoms in total. The van der Waals surface area contributed by atoms with Gasteiger partial charge in [-0.2, -0.15) is 5.10 Å². The normalized spacial score (nSPS) is 14.2. The van der Waals surface area contributed by atoms with Crippen LogP contribution in [0.5, 0.6) is 0 Å². The first kappa shape index (κ1) is 18.6. The van der Waals surface area contributed by atoms with Gasteiger partial charge < -0.3 is 10.6 Å². The molecule has 1 aliphatic rings. The second-order valence-electron chi connectivity index (χ2n) is 6.19. The van der Waals surface area contributed by atoms with Crippen LogP contribution in [0.2, 0.25) is 0 Å². The maximum atomic E-state index is 12.9. The van der Waals surface area contributed by atoms with Crippen molar-refractivity contribution < 1.29 is 4.79 Å². The fraction of sp³-hybridized carbons (Fsp3) is 0.263. The summed E-state index contributed by atoms with van der Waals surface area (Å²) in [6, 6.07) is 14.3. The number of nitrogens with one attached hydrogen (secondary N) is 3. The van der Waals surface area contributed by atoms with Crippen molar-refractivity contribution in [3.05, 3.63) is 75.2 Å². The van der Waals surface area contributed by atoms with Gasteiger partial charge in [0.15, 0.2) is 5.69 Å². The van der Waals surface area contributed by atoms with Crippen molar-refractivity contribution in [1.29, 1.82) is 0 Å². The van der Waals surface area contributed by atoms with Crippen LogP contribution >= 0.6 is 23.7 Å². The Morgan fingerprint density at radius 1 is 1.23 bits per heavy atom. The molecular weight excluding hydrogens is 368 g/mol. The quantitative estimate of drug-likeness (QED) is 0.628. The molecule has 3 N–H and O–H groups in total. The largest absolute Gasteiger partial charge is 0.343 e. The summed E-state index contributed by atoms with van der Waals surface area (Å²) in [6.45, 7) is 1.61. The van der Waals surface area contributed by atoms with Crippen molar-refractivity contribution >= 4 is 29.7 Å². The number of H-pyrrole nitrogens is 1. The number of thiophene rings is 1. The van der Waals surface area contributed by atoms with Crippen LogP contribution in [-0.2, 0) is 19.4 Å². The van der Waals surface area contributed by atoms with Crippen LogP contribution in [0.3, 0.4) is 0 Å². The molecule has 1 aliphatic heterocycles. The van der Waals surface area contributed by atoms with Crippen LogP contribution < -0.4 is 10.6 Å². The van der Waals surface area contributed by atoms with Crippen molar-refractivity contribution in [3.8, 4) is 0 Å². The molecule has 1 unspecified atom stereocenters. The summed E-state index contributed by atoms with van der Waals surface area (Å²) >= 11 is 1.66. The lowest BCUT2D eigenvalue weighted by molar-refractivity contribution is 0.0931. The molecule has 1 aromatic carbocycles. The highest BCUT2D eigenvalue weighted by atomic mass is 35.5. The van der Waals surface area contributed by atoms with Crippen molar-refractivity contribution in [1.82, 2.24) is 20.8 Å². The third-order valence-corrected chi connectivity index (χ3v) is 5.48. The second kappa shape index (κ2) is 8.49. The Bertz CT molecular complexity index is 848. The van der Waals surface area contributed by atoms with Crippen LogP contribution in [0.4, 0.5) is 0 Å². The van der Waals surface area contributed by atoms with Gasteiger partial charge in [0.05, 0.1) is 6.04 Å².